The molecule has 0 aromatic heterocycles. The van der Waals surface area contributed by atoms with Crippen LogP contribution in [0.3, 0.4) is 0 Å². The van der Waals surface area contributed by atoms with Crippen LogP contribution in [-0.4, -0.2) is 55.1 Å². The van der Waals surface area contributed by atoms with Crippen molar-refractivity contribution in [2.24, 2.45) is 0 Å². The Hall–Kier alpha value is -2.42. The van der Waals surface area contributed by atoms with Crippen LogP contribution in [0.5, 0.6) is 0 Å². The number of carbonyl (C=O) groups is 2. The van der Waals surface area contributed by atoms with E-state index < -0.39 is 28.5 Å². The molecule has 9 heteroatoms. The van der Waals surface area contributed by atoms with Gasteiger partial charge in [0.1, 0.15) is 6.04 Å². The predicted octanol–water partition coefficient (Wildman–Crippen LogP) is 4.14. The molecule has 1 aliphatic carbocycles. The lowest BCUT2D eigenvalue weighted by atomic mass is 9.95. The van der Waals surface area contributed by atoms with E-state index in [1.165, 1.54) is 42.6 Å². The Labute approximate surface area is 213 Å². The smallest absolute Gasteiger partial charge is 0.243 e. The maximum atomic E-state index is 13.4. The van der Waals surface area contributed by atoms with Crippen molar-refractivity contribution in [1.82, 2.24) is 14.5 Å². The lowest BCUT2D eigenvalue weighted by Crippen LogP contribution is -2.52. The number of nitrogens with one attached hydrogen (secondary N) is 1. The van der Waals surface area contributed by atoms with Crippen LogP contribution in [0.15, 0.2) is 53.4 Å². The minimum absolute atomic E-state index is 0.0468. The van der Waals surface area contributed by atoms with Crippen molar-refractivity contribution < 1.29 is 18.0 Å². The molecule has 2 amide bonds. The molecule has 1 atom stereocenters. The van der Waals surface area contributed by atoms with Gasteiger partial charge in [-0.1, -0.05) is 60.7 Å². The van der Waals surface area contributed by atoms with Crippen molar-refractivity contribution in [3.05, 3.63) is 64.7 Å². The highest BCUT2D eigenvalue weighted by Gasteiger charge is 2.31. The highest BCUT2D eigenvalue weighted by molar-refractivity contribution is 7.89. The van der Waals surface area contributed by atoms with Crippen molar-refractivity contribution in [3.8, 4) is 0 Å². The average Bonchev–Trinajstić information content (AvgIpc) is 2.83. The highest BCUT2D eigenvalue weighted by Crippen LogP contribution is 2.20. The Bertz CT molecular complexity index is 1130. The molecular formula is C26H34ClN3O4S. The van der Waals surface area contributed by atoms with E-state index in [1.807, 2.05) is 31.2 Å². The van der Waals surface area contributed by atoms with E-state index in [2.05, 4.69) is 5.32 Å². The fourth-order valence-corrected chi connectivity index (χ4v) is 5.56. The Balaban J connectivity index is 1.79. The van der Waals surface area contributed by atoms with Gasteiger partial charge in [-0.2, -0.15) is 4.31 Å². The molecule has 35 heavy (non-hydrogen) atoms. The van der Waals surface area contributed by atoms with Crippen molar-refractivity contribution in [1.29, 1.82) is 0 Å². The average molecular weight is 520 g/mol. The number of benzene rings is 2. The van der Waals surface area contributed by atoms with Crippen LogP contribution in [0, 0.1) is 6.92 Å². The van der Waals surface area contributed by atoms with Gasteiger partial charge in [-0.05, 0) is 56.5 Å². The Kier molecular flexibility index (Phi) is 9.33. The van der Waals surface area contributed by atoms with Crippen LogP contribution >= 0.6 is 11.6 Å². The van der Waals surface area contributed by atoms with E-state index in [1.54, 1.807) is 6.92 Å². The number of nitrogens with zero attached hydrogens (tertiary/aromatic N) is 2. The van der Waals surface area contributed by atoms with Crippen molar-refractivity contribution in [2.45, 2.75) is 69.5 Å². The molecule has 3 rings (SSSR count). The first-order valence-corrected chi connectivity index (χ1v) is 13.8. The van der Waals surface area contributed by atoms with Gasteiger partial charge in [-0.3, -0.25) is 9.59 Å². The van der Waals surface area contributed by atoms with Gasteiger partial charge in [-0.15, -0.1) is 0 Å². The molecule has 0 saturated heterocycles. The van der Waals surface area contributed by atoms with Crippen LogP contribution in [-0.2, 0) is 26.2 Å². The minimum atomic E-state index is -3.91. The second-order valence-electron chi connectivity index (χ2n) is 9.25. The fourth-order valence-electron chi connectivity index (χ4n) is 4.31. The van der Waals surface area contributed by atoms with Gasteiger partial charge in [0.05, 0.1) is 11.4 Å². The number of carbonyl (C=O) groups excluding carboxylic acids is 2. The van der Waals surface area contributed by atoms with Crippen molar-refractivity contribution in [2.75, 3.05) is 13.6 Å². The Morgan fingerprint density at radius 3 is 2.37 bits per heavy atom. The zero-order valence-electron chi connectivity index (χ0n) is 20.5. The number of sulfonamides is 1. The predicted molar refractivity (Wildman–Crippen MR) is 137 cm³/mol. The fraction of sp³-hybridized carbons (Fsp3) is 0.462. The summed E-state index contributed by atoms with van der Waals surface area (Å²) < 4.78 is 27.0. The summed E-state index contributed by atoms with van der Waals surface area (Å²) in [7, 11) is -2.55. The van der Waals surface area contributed by atoms with Crippen LogP contribution < -0.4 is 5.32 Å². The molecule has 0 spiro atoms. The number of hydrogen-bond acceptors (Lipinski definition) is 4. The highest BCUT2D eigenvalue weighted by atomic mass is 35.5. The van der Waals surface area contributed by atoms with Gasteiger partial charge in [-0.25, -0.2) is 8.42 Å². The first-order chi connectivity index (χ1) is 16.6. The molecule has 1 saturated carbocycles. The molecule has 190 valence electrons. The van der Waals surface area contributed by atoms with Crippen LogP contribution in [0.1, 0.15) is 50.2 Å². The van der Waals surface area contributed by atoms with Gasteiger partial charge >= 0.3 is 0 Å². The van der Waals surface area contributed by atoms with Gasteiger partial charge in [0.15, 0.2) is 0 Å². The van der Waals surface area contributed by atoms with Crippen LogP contribution in [0.2, 0.25) is 5.02 Å². The number of rotatable bonds is 9. The molecule has 0 bridgehead atoms. The first kappa shape index (κ1) is 27.2. The zero-order valence-corrected chi connectivity index (χ0v) is 22.1. The molecule has 7 nitrogen and oxygen atoms in total. The Morgan fingerprint density at radius 2 is 1.74 bits per heavy atom. The second-order valence-corrected chi connectivity index (χ2v) is 11.7. The number of amides is 2. The third kappa shape index (κ3) is 7.29. The van der Waals surface area contributed by atoms with Crippen LogP contribution in [0.4, 0.5) is 0 Å². The molecule has 1 N–H and O–H groups in total. The SMILES string of the molecule is Cc1cccc(CN(C(=O)CN(C)S(=O)(=O)c2ccc(Cl)cc2)C(C)C(=O)NC2CCCCC2)c1. The summed E-state index contributed by atoms with van der Waals surface area (Å²) in [6, 6.07) is 12.9. The molecule has 1 unspecified atom stereocenters. The number of likely N-dealkylation sites (N-methyl/N-ethyl adjacent to an activating group) is 1. The van der Waals surface area contributed by atoms with E-state index in [-0.39, 0.29) is 23.4 Å². The largest absolute Gasteiger partial charge is 0.352 e. The standard InChI is InChI=1S/C26H34ClN3O4S/c1-19-8-7-9-21(16-19)17-30(20(2)26(32)28-23-10-5-4-6-11-23)25(31)18-29(3)35(33,34)24-14-12-22(27)13-15-24/h7-9,12-16,20,23H,4-6,10-11,17-18H2,1-3H3,(H,28,32). The molecule has 0 heterocycles. The topological polar surface area (TPSA) is 86.8 Å². The quantitative estimate of drug-likeness (QED) is 0.539. The maximum absolute atomic E-state index is 13.4. The summed E-state index contributed by atoms with van der Waals surface area (Å²) in [5.74, 6) is -0.668. The summed E-state index contributed by atoms with van der Waals surface area (Å²) >= 11 is 5.88. The molecule has 2 aromatic rings. The van der Waals surface area contributed by atoms with Crippen molar-refractivity contribution in [3.63, 3.8) is 0 Å². The van der Waals surface area contributed by atoms with Gasteiger partial charge in [0, 0.05) is 24.7 Å². The summed E-state index contributed by atoms with van der Waals surface area (Å²) in [5.41, 5.74) is 1.91. The lowest BCUT2D eigenvalue weighted by molar-refractivity contribution is -0.141. The summed E-state index contributed by atoms with van der Waals surface area (Å²) in [6.45, 7) is 3.47. The normalized spacial score (nSPS) is 15.6. The third-order valence-corrected chi connectivity index (χ3v) is 8.50. The first-order valence-electron chi connectivity index (χ1n) is 11.9. The molecular weight excluding hydrogens is 486 g/mol. The summed E-state index contributed by atoms with van der Waals surface area (Å²) in [4.78, 5) is 28.0. The summed E-state index contributed by atoms with van der Waals surface area (Å²) in [5, 5.41) is 3.51. The molecule has 0 aliphatic heterocycles. The minimum Gasteiger partial charge on any atom is -0.352 e. The molecule has 1 fully saturated rings. The monoisotopic (exact) mass is 519 g/mol. The van der Waals surface area contributed by atoms with Crippen molar-refractivity contribution >= 4 is 33.4 Å². The van der Waals surface area contributed by atoms with E-state index in [4.69, 9.17) is 11.6 Å². The van der Waals surface area contributed by atoms with E-state index in [9.17, 15) is 18.0 Å². The second kappa shape index (κ2) is 12.0. The van der Waals surface area contributed by atoms with E-state index in [0.29, 0.717) is 5.02 Å². The molecule has 1 aliphatic rings. The molecule has 2 aromatic carbocycles. The van der Waals surface area contributed by atoms with E-state index >= 15 is 0 Å². The Morgan fingerprint density at radius 1 is 1.09 bits per heavy atom. The zero-order chi connectivity index (χ0) is 25.6. The van der Waals surface area contributed by atoms with Gasteiger partial charge in [0.25, 0.3) is 0 Å². The lowest BCUT2D eigenvalue weighted by Gasteiger charge is -2.32. The number of halogens is 1. The maximum Gasteiger partial charge on any atom is 0.243 e. The third-order valence-electron chi connectivity index (χ3n) is 6.43. The van der Waals surface area contributed by atoms with Gasteiger partial charge < -0.3 is 10.2 Å². The number of aryl methyl sites for hydroxylation is 1. The number of hydrogen-bond donors (Lipinski definition) is 1. The molecule has 0 radical (unpaired) electrons. The van der Waals surface area contributed by atoms with Gasteiger partial charge in [0.2, 0.25) is 21.8 Å². The van der Waals surface area contributed by atoms with E-state index in [0.717, 1.165) is 41.1 Å². The summed E-state index contributed by atoms with van der Waals surface area (Å²) in [6.07, 6.45) is 5.21. The van der Waals surface area contributed by atoms with Crippen LogP contribution in [0.25, 0.3) is 0 Å².